The van der Waals surface area contributed by atoms with E-state index in [1.165, 1.54) is 24.3 Å². The van der Waals surface area contributed by atoms with E-state index in [4.69, 9.17) is 19.7 Å². The van der Waals surface area contributed by atoms with Gasteiger partial charge in [0.2, 0.25) is 0 Å². The van der Waals surface area contributed by atoms with Gasteiger partial charge in [-0.2, -0.15) is 0 Å². The highest BCUT2D eigenvalue weighted by Crippen LogP contribution is 2.07. The van der Waals surface area contributed by atoms with Gasteiger partial charge in [-0.3, -0.25) is 9.59 Å². The summed E-state index contributed by atoms with van der Waals surface area (Å²) in [5, 5.41) is 17.3. The first kappa shape index (κ1) is 21.1. The second-order valence-corrected chi connectivity index (χ2v) is 5.55. The molecule has 0 bridgehead atoms. The molecule has 0 radical (unpaired) electrons. The van der Waals surface area contributed by atoms with E-state index in [0.29, 0.717) is 25.7 Å². The fourth-order valence-electron chi connectivity index (χ4n) is 2.00. The van der Waals surface area contributed by atoms with Gasteiger partial charge in [0.15, 0.2) is 0 Å². The van der Waals surface area contributed by atoms with Crippen LogP contribution in [0, 0.1) is 0 Å². The first-order chi connectivity index (χ1) is 12.4. The molecule has 1 rings (SSSR count). The topological polar surface area (TPSA) is 127 Å². The van der Waals surface area contributed by atoms with Crippen molar-refractivity contribution in [1.29, 1.82) is 0 Å². The minimum atomic E-state index is -1.07. The number of esters is 2. The molecular weight excluding hydrogens is 344 g/mol. The molecule has 0 aliphatic heterocycles. The predicted molar refractivity (Wildman–Crippen MR) is 90.0 cm³/mol. The van der Waals surface area contributed by atoms with Crippen molar-refractivity contribution in [3.8, 4) is 0 Å². The Kier molecular flexibility index (Phi) is 9.45. The van der Waals surface area contributed by atoms with E-state index in [2.05, 4.69) is 0 Å². The number of hydrogen-bond acceptors (Lipinski definition) is 6. The van der Waals surface area contributed by atoms with Crippen LogP contribution in [0.5, 0.6) is 0 Å². The Bertz CT molecular complexity index is 621. The number of carboxylic acids is 2. The monoisotopic (exact) mass is 366 g/mol. The molecule has 0 unspecified atom stereocenters. The smallest absolute Gasteiger partial charge is 0.338 e. The van der Waals surface area contributed by atoms with Crippen LogP contribution < -0.4 is 0 Å². The van der Waals surface area contributed by atoms with Crippen LogP contribution in [0.2, 0.25) is 0 Å². The third-order valence-corrected chi connectivity index (χ3v) is 3.42. The largest absolute Gasteiger partial charge is 0.481 e. The molecule has 1 aromatic rings. The first-order valence-corrected chi connectivity index (χ1v) is 8.28. The highest BCUT2D eigenvalue weighted by atomic mass is 16.5. The standard InChI is InChI=1S/C18H22O8/c19-15(20)5-1-2-6-16(21)25-11-3-4-12-26-18(24)14-9-7-13(8-10-14)17(22)23/h7-10H,1-6,11-12H2,(H,19,20)(H,22,23). The van der Waals surface area contributed by atoms with Gasteiger partial charge in [-0.25, -0.2) is 9.59 Å². The second kappa shape index (κ2) is 11.6. The Morgan fingerprint density at radius 1 is 0.731 bits per heavy atom. The number of unbranched alkanes of at least 4 members (excludes halogenated alkanes) is 2. The minimum Gasteiger partial charge on any atom is -0.481 e. The number of ether oxygens (including phenoxy) is 2. The maximum absolute atomic E-state index is 11.8. The summed E-state index contributed by atoms with van der Waals surface area (Å²) in [5.74, 6) is -2.87. The SMILES string of the molecule is O=C(O)CCCCC(=O)OCCCCOC(=O)c1ccc(C(=O)O)cc1. The molecule has 8 nitrogen and oxygen atoms in total. The minimum absolute atomic E-state index is 0.0394. The maximum atomic E-state index is 11.8. The van der Waals surface area contributed by atoms with E-state index in [-0.39, 0.29) is 43.2 Å². The third-order valence-electron chi connectivity index (χ3n) is 3.42. The molecule has 0 spiro atoms. The number of aromatic carboxylic acids is 1. The Morgan fingerprint density at radius 3 is 1.85 bits per heavy atom. The van der Waals surface area contributed by atoms with Crippen LogP contribution in [0.15, 0.2) is 24.3 Å². The third kappa shape index (κ3) is 8.81. The van der Waals surface area contributed by atoms with Crippen molar-refractivity contribution in [3.63, 3.8) is 0 Å². The van der Waals surface area contributed by atoms with E-state index in [9.17, 15) is 19.2 Å². The molecule has 0 fully saturated rings. The van der Waals surface area contributed by atoms with Crippen LogP contribution in [0.25, 0.3) is 0 Å². The van der Waals surface area contributed by atoms with Crippen molar-refractivity contribution in [2.24, 2.45) is 0 Å². The van der Waals surface area contributed by atoms with Gasteiger partial charge in [0, 0.05) is 12.8 Å². The molecule has 0 heterocycles. The lowest BCUT2D eigenvalue weighted by Crippen LogP contribution is -2.09. The number of hydrogen-bond donors (Lipinski definition) is 2. The number of aliphatic carboxylic acids is 1. The summed E-state index contributed by atoms with van der Waals surface area (Å²) in [6.45, 7) is 0.373. The van der Waals surface area contributed by atoms with Crippen LogP contribution >= 0.6 is 0 Å². The molecular formula is C18H22O8. The van der Waals surface area contributed by atoms with Crippen LogP contribution in [-0.4, -0.2) is 47.3 Å². The molecule has 0 aliphatic rings. The average molecular weight is 366 g/mol. The summed E-state index contributed by atoms with van der Waals surface area (Å²) in [6.07, 6.45) is 2.20. The van der Waals surface area contributed by atoms with Crippen LogP contribution in [0.1, 0.15) is 59.2 Å². The summed E-state index contributed by atoms with van der Waals surface area (Å²) in [6, 6.07) is 5.43. The zero-order valence-electron chi connectivity index (χ0n) is 14.3. The van der Waals surface area contributed by atoms with E-state index in [1.807, 2.05) is 0 Å². The second-order valence-electron chi connectivity index (χ2n) is 5.55. The van der Waals surface area contributed by atoms with Crippen LogP contribution in [-0.2, 0) is 19.1 Å². The Labute approximate surface area is 150 Å². The lowest BCUT2D eigenvalue weighted by Gasteiger charge is -2.06. The molecule has 0 aromatic heterocycles. The first-order valence-electron chi connectivity index (χ1n) is 8.28. The van der Waals surface area contributed by atoms with E-state index >= 15 is 0 Å². The van der Waals surface area contributed by atoms with Gasteiger partial charge >= 0.3 is 23.9 Å². The number of benzene rings is 1. The molecule has 26 heavy (non-hydrogen) atoms. The molecule has 8 heteroatoms. The lowest BCUT2D eigenvalue weighted by atomic mass is 10.1. The average Bonchev–Trinajstić information content (AvgIpc) is 2.61. The van der Waals surface area contributed by atoms with E-state index in [1.54, 1.807) is 0 Å². The summed E-state index contributed by atoms with van der Waals surface area (Å²) in [4.78, 5) is 44.2. The summed E-state index contributed by atoms with van der Waals surface area (Å²) in [7, 11) is 0. The van der Waals surface area contributed by atoms with Crippen molar-refractivity contribution in [1.82, 2.24) is 0 Å². The molecule has 0 aliphatic carbocycles. The van der Waals surface area contributed by atoms with Gasteiger partial charge in [0.1, 0.15) is 0 Å². The molecule has 0 saturated heterocycles. The van der Waals surface area contributed by atoms with E-state index < -0.39 is 17.9 Å². The van der Waals surface area contributed by atoms with Gasteiger partial charge in [-0.15, -0.1) is 0 Å². The summed E-state index contributed by atoms with van der Waals surface area (Å²) in [5.41, 5.74) is 0.356. The number of carboxylic acid groups (broad SMARTS) is 2. The van der Waals surface area contributed by atoms with Gasteiger partial charge in [-0.1, -0.05) is 0 Å². The molecule has 142 valence electrons. The molecule has 0 atom stereocenters. The van der Waals surface area contributed by atoms with Crippen molar-refractivity contribution in [2.45, 2.75) is 38.5 Å². The fourth-order valence-corrected chi connectivity index (χ4v) is 2.00. The lowest BCUT2D eigenvalue weighted by molar-refractivity contribution is -0.144. The van der Waals surface area contributed by atoms with Crippen molar-refractivity contribution in [2.75, 3.05) is 13.2 Å². The van der Waals surface area contributed by atoms with Gasteiger partial charge in [0.05, 0.1) is 24.3 Å². The number of rotatable bonds is 12. The Hall–Kier alpha value is -2.90. The molecule has 0 amide bonds. The summed E-state index contributed by atoms with van der Waals surface area (Å²) >= 11 is 0. The summed E-state index contributed by atoms with van der Waals surface area (Å²) < 4.78 is 10.0. The van der Waals surface area contributed by atoms with E-state index in [0.717, 1.165) is 0 Å². The van der Waals surface area contributed by atoms with Gasteiger partial charge < -0.3 is 19.7 Å². The quantitative estimate of drug-likeness (QED) is 0.427. The normalized spacial score (nSPS) is 10.2. The van der Waals surface area contributed by atoms with Crippen LogP contribution in [0.3, 0.4) is 0 Å². The highest BCUT2D eigenvalue weighted by molar-refractivity contribution is 5.92. The molecule has 1 aromatic carbocycles. The van der Waals surface area contributed by atoms with Crippen LogP contribution in [0.4, 0.5) is 0 Å². The number of carbonyl (C=O) groups is 4. The Balaban J connectivity index is 2.09. The Morgan fingerprint density at radius 2 is 1.27 bits per heavy atom. The highest BCUT2D eigenvalue weighted by Gasteiger charge is 2.09. The zero-order chi connectivity index (χ0) is 19.4. The molecule has 2 N–H and O–H groups in total. The predicted octanol–water partition coefficient (Wildman–Crippen LogP) is 2.51. The van der Waals surface area contributed by atoms with Crippen molar-refractivity contribution >= 4 is 23.9 Å². The number of carbonyl (C=O) groups excluding carboxylic acids is 2. The zero-order valence-corrected chi connectivity index (χ0v) is 14.3. The van der Waals surface area contributed by atoms with Crippen molar-refractivity contribution in [3.05, 3.63) is 35.4 Å². The van der Waals surface area contributed by atoms with Gasteiger partial charge in [-0.05, 0) is 49.9 Å². The van der Waals surface area contributed by atoms with Gasteiger partial charge in [0.25, 0.3) is 0 Å². The maximum Gasteiger partial charge on any atom is 0.338 e. The fraction of sp³-hybridized carbons (Fsp3) is 0.444. The van der Waals surface area contributed by atoms with Crippen molar-refractivity contribution < 1.29 is 38.9 Å². The molecule has 0 saturated carbocycles.